The monoisotopic (exact) mass is 1040 g/mol. The van der Waals surface area contributed by atoms with Crippen molar-refractivity contribution in [3.8, 4) is 0 Å². The van der Waals surface area contributed by atoms with Gasteiger partial charge in [-0.25, -0.2) is 0 Å². The second-order valence-corrected chi connectivity index (χ2v) is 22.0. The third-order valence-electron chi connectivity index (χ3n) is 14.6. The van der Waals surface area contributed by atoms with Crippen molar-refractivity contribution in [2.75, 3.05) is 13.2 Å². The second-order valence-electron chi connectivity index (χ2n) is 22.0. The molecule has 0 saturated heterocycles. The first-order chi connectivity index (χ1) is 36.5. The van der Waals surface area contributed by atoms with Crippen LogP contribution in [0.4, 0.5) is 0 Å². The minimum Gasteiger partial charge on any atom is -0.462 e. The summed E-state index contributed by atoms with van der Waals surface area (Å²) in [5.74, 6) is -0.865. The van der Waals surface area contributed by atoms with E-state index in [2.05, 4.69) is 69.4 Å². The van der Waals surface area contributed by atoms with Gasteiger partial charge in [0.15, 0.2) is 6.10 Å². The zero-order valence-corrected chi connectivity index (χ0v) is 49.6. The maximum atomic E-state index is 12.9. The molecule has 6 heteroatoms. The summed E-state index contributed by atoms with van der Waals surface area (Å²) in [6.07, 6.45) is 78.4. The van der Waals surface area contributed by atoms with Gasteiger partial charge in [0.05, 0.1) is 0 Å². The van der Waals surface area contributed by atoms with Crippen molar-refractivity contribution in [1.29, 1.82) is 0 Å². The van der Waals surface area contributed by atoms with E-state index in [1.54, 1.807) is 0 Å². The molecular formula is C68H124O6. The average Bonchev–Trinajstić information content (AvgIpc) is 3.40. The van der Waals surface area contributed by atoms with Gasteiger partial charge in [0.25, 0.3) is 0 Å². The van der Waals surface area contributed by atoms with Crippen LogP contribution >= 0.6 is 0 Å². The van der Waals surface area contributed by atoms with Crippen molar-refractivity contribution in [2.24, 2.45) is 0 Å². The summed E-state index contributed by atoms with van der Waals surface area (Å²) in [4.78, 5) is 38.3. The Bertz CT molecular complexity index is 1280. The first-order valence-corrected chi connectivity index (χ1v) is 32.6. The Morgan fingerprint density at radius 2 is 0.527 bits per heavy atom. The zero-order chi connectivity index (χ0) is 53.6. The largest absolute Gasteiger partial charge is 0.462 e. The fourth-order valence-corrected chi connectivity index (χ4v) is 9.73. The molecule has 0 aromatic heterocycles. The van der Waals surface area contributed by atoms with Crippen LogP contribution in [0.1, 0.15) is 348 Å². The molecule has 74 heavy (non-hydrogen) atoms. The van der Waals surface area contributed by atoms with Gasteiger partial charge in [-0.15, -0.1) is 0 Å². The van der Waals surface area contributed by atoms with Crippen molar-refractivity contribution < 1.29 is 28.6 Å². The summed E-state index contributed by atoms with van der Waals surface area (Å²) < 4.78 is 16.9. The van der Waals surface area contributed by atoms with Crippen LogP contribution in [0.3, 0.4) is 0 Å². The van der Waals surface area contributed by atoms with Gasteiger partial charge in [0.1, 0.15) is 13.2 Å². The van der Waals surface area contributed by atoms with Crippen LogP contribution in [0.25, 0.3) is 0 Å². The van der Waals surface area contributed by atoms with Crippen LogP contribution in [0, 0.1) is 0 Å². The van der Waals surface area contributed by atoms with Gasteiger partial charge >= 0.3 is 17.9 Å². The molecule has 0 heterocycles. The topological polar surface area (TPSA) is 78.9 Å². The highest BCUT2D eigenvalue weighted by molar-refractivity contribution is 5.71. The van der Waals surface area contributed by atoms with E-state index in [1.165, 1.54) is 212 Å². The van der Waals surface area contributed by atoms with Crippen LogP contribution in [-0.4, -0.2) is 37.2 Å². The standard InChI is InChI=1S/C68H124O6/c1-4-7-10-13-16-19-22-25-27-29-31-32-33-34-35-37-38-40-43-46-49-52-55-58-61-67(70)73-64-65(63-72-66(69)60-57-54-51-48-45-42-24-21-18-15-12-9-6-3)74-68(71)62-59-56-53-50-47-44-41-39-36-30-28-26-23-20-17-14-11-8-5-2/h8,11,17,20,26,28,36,39,65H,4-7,9-10,12-16,18-19,21-25,27,29-35,37-38,40-64H2,1-3H3/b11-8-,20-17-,28-26-,39-36-. The predicted octanol–water partition coefficient (Wildman–Crippen LogP) is 22.2. The maximum Gasteiger partial charge on any atom is 0.306 e. The Hall–Kier alpha value is -2.63. The molecule has 0 radical (unpaired) electrons. The molecular weight excluding hydrogens is 913 g/mol. The molecule has 6 nitrogen and oxygen atoms in total. The molecule has 0 spiro atoms. The first kappa shape index (κ1) is 71.4. The summed E-state index contributed by atoms with van der Waals surface area (Å²) in [7, 11) is 0. The molecule has 0 aromatic carbocycles. The molecule has 0 saturated carbocycles. The minimum absolute atomic E-state index is 0.0741. The lowest BCUT2D eigenvalue weighted by Crippen LogP contribution is -2.30. The summed E-state index contributed by atoms with van der Waals surface area (Å²) in [6, 6.07) is 0. The molecule has 0 N–H and O–H groups in total. The Morgan fingerprint density at radius 3 is 0.824 bits per heavy atom. The second kappa shape index (κ2) is 62.9. The number of carbonyl (C=O) groups is 3. The molecule has 0 rings (SSSR count). The summed E-state index contributed by atoms with van der Waals surface area (Å²) in [5.41, 5.74) is 0. The smallest absolute Gasteiger partial charge is 0.306 e. The molecule has 0 aliphatic carbocycles. The lowest BCUT2D eigenvalue weighted by molar-refractivity contribution is -0.167. The highest BCUT2D eigenvalue weighted by atomic mass is 16.6. The van der Waals surface area contributed by atoms with Crippen LogP contribution in [0.5, 0.6) is 0 Å². The zero-order valence-electron chi connectivity index (χ0n) is 49.6. The molecule has 1 unspecified atom stereocenters. The average molecular weight is 1040 g/mol. The number of hydrogen-bond donors (Lipinski definition) is 0. The lowest BCUT2D eigenvalue weighted by atomic mass is 10.0. The molecule has 0 aliphatic heterocycles. The molecule has 1 atom stereocenters. The summed E-state index contributed by atoms with van der Waals surface area (Å²) in [5, 5.41) is 0. The van der Waals surface area contributed by atoms with Crippen molar-refractivity contribution in [3.63, 3.8) is 0 Å². The normalized spacial score (nSPS) is 12.3. The van der Waals surface area contributed by atoms with Crippen molar-refractivity contribution in [1.82, 2.24) is 0 Å². The fraction of sp³-hybridized carbons (Fsp3) is 0.838. The van der Waals surface area contributed by atoms with E-state index in [1.807, 2.05) is 0 Å². The van der Waals surface area contributed by atoms with E-state index in [0.717, 1.165) is 96.3 Å². The predicted molar refractivity (Wildman–Crippen MR) is 321 cm³/mol. The number of ether oxygens (including phenoxy) is 3. The first-order valence-electron chi connectivity index (χ1n) is 32.6. The summed E-state index contributed by atoms with van der Waals surface area (Å²) >= 11 is 0. The van der Waals surface area contributed by atoms with Gasteiger partial charge < -0.3 is 14.2 Å². The lowest BCUT2D eigenvalue weighted by Gasteiger charge is -2.18. The van der Waals surface area contributed by atoms with Crippen LogP contribution in [0.2, 0.25) is 0 Å². The van der Waals surface area contributed by atoms with Crippen molar-refractivity contribution >= 4 is 17.9 Å². The number of esters is 3. The maximum absolute atomic E-state index is 12.9. The highest BCUT2D eigenvalue weighted by Gasteiger charge is 2.19. The minimum atomic E-state index is -0.778. The molecule has 0 bridgehead atoms. The van der Waals surface area contributed by atoms with Crippen molar-refractivity contribution in [2.45, 2.75) is 354 Å². The Labute approximate surface area is 460 Å². The van der Waals surface area contributed by atoms with Crippen LogP contribution in [-0.2, 0) is 28.6 Å². The van der Waals surface area contributed by atoms with Gasteiger partial charge in [-0.3, -0.25) is 14.4 Å². The van der Waals surface area contributed by atoms with Gasteiger partial charge in [0.2, 0.25) is 0 Å². The fourth-order valence-electron chi connectivity index (χ4n) is 9.73. The van der Waals surface area contributed by atoms with Crippen LogP contribution < -0.4 is 0 Å². The quantitative estimate of drug-likeness (QED) is 0.0261. The third kappa shape index (κ3) is 60.2. The van der Waals surface area contributed by atoms with Gasteiger partial charge in [-0.05, 0) is 57.8 Å². The van der Waals surface area contributed by atoms with E-state index >= 15 is 0 Å². The highest BCUT2D eigenvalue weighted by Crippen LogP contribution is 2.18. The van der Waals surface area contributed by atoms with E-state index in [4.69, 9.17) is 14.2 Å². The number of rotatable bonds is 60. The van der Waals surface area contributed by atoms with E-state index < -0.39 is 6.10 Å². The molecule has 0 aromatic rings. The number of allylic oxidation sites excluding steroid dienone is 8. The van der Waals surface area contributed by atoms with E-state index in [-0.39, 0.29) is 31.1 Å². The number of hydrogen-bond acceptors (Lipinski definition) is 6. The third-order valence-corrected chi connectivity index (χ3v) is 14.6. The van der Waals surface area contributed by atoms with E-state index in [9.17, 15) is 14.4 Å². The Morgan fingerprint density at radius 1 is 0.284 bits per heavy atom. The SMILES string of the molecule is CC/C=C\C/C=C\C/C=C\C/C=C\CCCCCCCCC(=O)OC(COC(=O)CCCCCCCCCCCCCCC)COC(=O)CCCCCCCCCCCCCCCCCCCCCCCCCC. The molecule has 0 aliphatic rings. The Balaban J connectivity index is 4.27. The number of carbonyl (C=O) groups excluding carboxylic acids is 3. The summed E-state index contributed by atoms with van der Waals surface area (Å²) in [6.45, 7) is 6.57. The van der Waals surface area contributed by atoms with E-state index in [0.29, 0.717) is 19.3 Å². The van der Waals surface area contributed by atoms with Crippen LogP contribution in [0.15, 0.2) is 48.6 Å². The molecule has 0 amide bonds. The Kier molecular flexibility index (Phi) is 60.7. The molecule has 432 valence electrons. The van der Waals surface area contributed by atoms with Crippen molar-refractivity contribution in [3.05, 3.63) is 48.6 Å². The van der Waals surface area contributed by atoms with Gasteiger partial charge in [-0.1, -0.05) is 320 Å². The number of unbranched alkanes of at least 4 members (excludes halogenated alkanes) is 41. The molecule has 0 fully saturated rings. The van der Waals surface area contributed by atoms with Gasteiger partial charge in [-0.2, -0.15) is 0 Å². The van der Waals surface area contributed by atoms with Gasteiger partial charge in [0, 0.05) is 19.3 Å².